The first-order valence-corrected chi connectivity index (χ1v) is 7.53. The number of alkyl halides is 3. The zero-order valence-electron chi connectivity index (χ0n) is 11.6. The summed E-state index contributed by atoms with van der Waals surface area (Å²) in [5, 5.41) is 12.2. The Bertz CT molecular complexity index is 581. The van der Waals surface area contributed by atoms with Crippen LogP contribution >= 0.6 is 11.3 Å². The SMILES string of the molecule is CCNCCCc1nnc(-c2ccccc2C(F)(F)F)s1. The standard InChI is InChI=1S/C14H16F3N3S/c1-2-18-9-5-8-12-19-20-13(21-12)10-6-3-4-7-11(10)14(15,16)17/h3-4,6-7,18H,2,5,8-9H2,1H3. The second-order valence-corrected chi connectivity index (χ2v) is 5.56. The van der Waals surface area contributed by atoms with Crippen LogP contribution in [0.25, 0.3) is 10.6 Å². The van der Waals surface area contributed by atoms with Gasteiger partial charge in [-0.15, -0.1) is 10.2 Å². The number of nitrogens with zero attached hydrogens (tertiary/aromatic N) is 2. The van der Waals surface area contributed by atoms with E-state index in [-0.39, 0.29) is 5.56 Å². The molecule has 0 saturated heterocycles. The third-order valence-corrected chi connectivity index (χ3v) is 3.94. The molecule has 2 rings (SSSR count). The van der Waals surface area contributed by atoms with Gasteiger partial charge in [-0.2, -0.15) is 13.2 Å². The van der Waals surface area contributed by atoms with Crippen molar-refractivity contribution in [3.63, 3.8) is 0 Å². The molecule has 2 aromatic rings. The minimum Gasteiger partial charge on any atom is -0.317 e. The predicted octanol–water partition coefficient (Wildman–Crippen LogP) is 3.77. The van der Waals surface area contributed by atoms with E-state index in [1.165, 1.54) is 23.5 Å². The van der Waals surface area contributed by atoms with E-state index in [0.29, 0.717) is 5.01 Å². The Balaban J connectivity index is 2.15. The predicted molar refractivity (Wildman–Crippen MR) is 77.2 cm³/mol. The van der Waals surface area contributed by atoms with Gasteiger partial charge in [-0.25, -0.2) is 0 Å². The van der Waals surface area contributed by atoms with Gasteiger partial charge < -0.3 is 5.32 Å². The van der Waals surface area contributed by atoms with E-state index in [1.807, 2.05) is 6.92 Å². The molecule has 0 aliphatic carbocycles. The molecule has 0 amide bonds. The first-order valence-electron chi connectivity index (χ1n) is 6.72. The van der Waals surface area contributed by atoms with Crippen LogP contribution in [0, 0.1) is 0 Å². The van der Waals surface area contributed by atoms with Gasteiger partial charge in [-0.3, -0.25) is 0 Å². The fourth-order valence-corrected chi connectivity index (χ4v) is 2.84. The second-order valence-electron chi connectivity index (χ2n) is 4.50. The Morgan fingerprint density at radius 2 is 1.95 bits per heavy atom. The molecule has 0 radical (unpaired) electrons. The fourth-order valence-electron chi connectivity index (χ4n) is 1.92. The molecule has 114 valence electrons. The smallest absolute Gasteiger partial charge is 0.317 e. The first kappa shape index (κ1) is 15.9. The molecule has 1 N–H and O–H groups in total. The minimum absolute atomic E-state index is 0.0976. The second kappa shape index (κ2) is 7.00. The molecule has 1 aromatic heterocycles. The Morgan fingerprint density at radius 3 is 2.67 bits per heavy atom. The molecule has 0 unspecified atom stereocenters. The molecule has 0 atom stereocenters. The molecular formula is C14H16F3N3S. The van der Waals surface area contributed by atoms with E-state index >= 15 is 0 Å². The van der Waals surface area contributed by atoms with Crippen molar-refractivity contribution in [1.29, 1.82) is 0 Å². The highest BCUT2D eigenvalue weighted by Crippen LogP contribution is 2.37. The maximum absolute atomic E-state index is 13.0. The first-order chi connectivity index (χ1) is 10.0. The van der Waals surface area contributed by atoms with Crippen LogP contribution in [0.1, 0.15) is 23.9 Å². The highest BCUT2D eigenvalue weighted by Gasteiger charge is 2.34. The van der Waals surface area contributed by atoms with Crippen LogP contribution in [0.4, 0.5) is 13.2 Å². The summed E-state index contributed by atoms with van der Waals surface area (Å²) in [6, 6.07) is 5.47. The van der Waals surface area contributed by atoms with Gasteiger partial charge in [0, 0.05) is 12.0 Å². The summed E-state index contributed by atoms with van der Waals surface area (Å²) in [4.78, 5) is 0. The molecule has 0 saturated carbocycles. The number of aryl methyl sites for hydroxylation is 1. The van der Waals surface area contributed by atoms with Crippen molar-refractivity contribution >= 4 is 11.3 Å². The molecular weight excluding hydrogens is 299 g/mol. The maximum Gasteiger partial charge on any atom is 0.417 e. The van der Waals surface area contributed by atoms with Gasteiger partial charge >= 0.3 is 6.18 Å². The van der Waals surface area contributed by atoms with Crippen molar-refractivity contribution in [3.05, 3.63) is 34.8 Å². The summed E-state index contributed by atoms with van der Waals surface area (Å²) < 4.78 is 38.9. The number of benzene rings is 1. The van der Waals surface area contributed by atoms with Crippen LogP contribution in [0.3, 0.4) is 0 Å². The lowest BCUT2D eigenvalue weighted by molar-refractivity contribution is -0.137. The highest BCUT2D eigenvalue weighted by molar-refractivity contribution is 7.14. The van der Waals surface area contributed by atoms with E-state index in [4.69, 9.17) is 0 Å². The molecule has 0 fully saturated rings. The van der Waals surface area contributed by atoms with Crippen LogP contribution in [0.5, 0.6) is 0 Å². The van der Waals surface area contributed by atoms with Crippen LogP contribution in [0.15, 0.2) is 24.3 Å². The van der Waals surface area contributed by atoms with Crippen molar-refractivity contribution in [2.24, 2.45) is 0 Å². The minimum atomic E-state index is -4.38. The lowest BCUT2D eigenvalue weighted by Crippen LogP contribution is -2.14. The maximum atomic E-state index is 13.0. The summed E-state index contributed by atoms with van der Waals surface area (Å²) in [5.41, 5.74) is -0.569. The Morgan fingerprint density at radius 1 is 1.19 bits per heavy atom. The van der Waals surface area contributed by atoms with Gasteiger partial charge in [0.25, 0.3) is 0 Å². The average molecular weight is 315 g/mol. The lowest BCUT2D eigenvalue weighted by atomic mass is 10.1. The number of hydrogen-bond acceptors (Lipinski definition) is 4. The third kappa shape index (κ3) is 4.25. The molecule has 0 bridgehead atoms. The van der Waals surface area contributed by atoms with Crippen LogP contribution in [-0.4, -0.2) is 23.3 Å². The van der Waals surface area contributed by atoms with Crippen molar-refractivity contribution in [2.75, 3.05) is 13.1 Å². The monoisotopic (exact) mass is 315 g/mol. The largest absolute Gasteiger partial charge is 0.417 e. The number of hydrogen-bond donors (Lipinski definition) is 1. The third-order valence-electron chi connectivity index (χ3n) is 2.92. The zero-order valence-corrected chi connectivity index (χ0v) is 12.4. The van der Waals surface area contributed by atoms with Crippen LogP contribution < -0.4 is 5.32 Å². The van der Waals surface area contributed by atoms with E-state index < -0.39 is 11.7 Å². The molecule has 0 aliphatic rings. The van der Waals surface area contributed by atoms with Crippen molar-refractivity contribution in [2.45, 2.75) is 25.9 Å². The Labute approximate surface area is 125 Å². The molecule has 1 heterocycles. The summed E-state index contributed by atoms with van der Waals surface area (Å²) in [6.07, 6.45) is -2.77. The highest BCUT2D eigenvalue weighted by atomic mass is 32.1. The molecule has 3 nitrogen and oxygen atoms in total. The van der Waals surface area contributed by atoms with E-state index in [2.05, 4.69) is 15.5 Å². The van der Waals surface area contributed by atoms with Gasteiger partial charge in [0.15, 0.2) is 0 Å². The fraction of sp³-hybridized carbons (Fsp3) is 0.429. The van der Waals surface area contributed by atoms with Crippen molar-refractivity contribution < 1.29 is 13.2 Å². The topological polar surface area (TPSA) is 37.8 Å². The van der Waals surface area contributed by atoms with Crippen molar-refractivity contribution in [1.82, 2.24) is 15.5 Å². The van der Waals surface area contributed by atoms with E-state index in [1.54, 1.807) is 6.07 Å². The van der Waals surface area contributed by atoms with Gasteiger partial charge in [0.05, 0.1) is 5.56 Å². The van der Waals surface area contributed by atoms with Gasteiger partial charge in [0.1, 0.15) is 10.0 Å². The summed E-state index contributed by atoms with van der Waals surface area (Å²) in [7, 11) is 0. The van der Waals surface area contributed by atoms with Crippen LogP contribution in [-0.2, 0) is 12.6 Å². The van der Waals surface area contributed by atoms with Gasteiger partial charge in [-0.1, -0.05) is 36.5 Å². The Kier molecular flexibility index (Phi) is 5.30. The van der Waals surface area contributed by atoms with Gasteiger partial charge in [0.2, 0.25) is 0 Å². The Hall–Kier alpha value is -1.47. The average Bonchev–Trinajstić information content (AvgIpc) is 2.91. The van der Waals surface area contributed by atoms with Crippen molar-refractivity contribution in [3.8, 4) is 10.6 Å². The molecule has 0 aliphatic heterocycles. The summed E-state index contributed by atoms with van der Waals surface area (Å²) >= 11 is 1.22. The van der Waals surface area contributed by atoms with E-state index in [0.717, 1.165) is 37.0 Å². The normalized spacial score (nSPS) is 11.8. The summed E-state index contributed by atoms with van der Waals surface area (Å²) in [5.74, 6) is 0. The molecule has 7 heteroatoms. The van der Waals surface area contributed by atoms with Crippen LogP contribution in [0.2, 0.25) is 0 Å². The number of rotatable bonds is 6. The quantitative estimate of drug-likeness (QED) is 0.825. The van der Waals surface area contributed by atoms with Gasteiger partial charge in [-0.05, 0) is 25.6 Å². The number of nitrogens with one attached hydrogen (secondary N) is 1. The number of halogens is 3. The number of aromatic nitrogens is 2. The molecule has 21 heavy (non-hydrogen) atoms. The van der Waals surface area contributed by atoms with E-state index in [9.17, 15) is 13.2 Å². The summed E-state index contributed by atoms with van der Waals surface area (Å²) in [6.45, 7) is 3.79. The molecule has 0 spiro atoms. The molecule has 1 aromatic carbocycles. The zero-order chi connectivity index (χ0) is 15.3. The lowest BCUT2D eigenvalue weighted by Gasteiger charge is -2.09.